The van der Waals surface area contributed by atoms with Crippen molar-refractivity contribution in [2.75, 3.05) is 64.5 Å². The molecule has 0 atom stereocenters. The van der Waals surface area contributed by atoms with E-state index in [1.807, 2.05) is 12.1 Å². The maximum Gasteiger partial charge on any atom is 0.248 e. The van der Waals surface area contributed by atoms with Crippen LogP contribution >= 0.6 is 11.6 Å². The van der Waals surface area contributed by atoms with E-state index in [1.54, 1.807) is 11.0 Å². The van der Waals surface area contributed by atoms with Gasteiger partial charge in [-0.05, 0) is 30.7 Å². The zero-order valence-corrected chi connectivity index (χ0v) is 22.9. The van der Waals surface area contributed by atoms with E-state index >= 15 is 0 Å². The van der Waals surface area contributed by atoms with Gasteiger partial charge in [-0.25, -0.2) is 14.4 Å². The Morgan fingerprint density at radius 1 is 1.12 bits per heavy atom. The lowest BCUT2D eigenvalue weighted by molar-refractivity contribution is -0.135. The number of hydrogen-bond donors (Lipinski definition) is 2. The van der Waals surface area contributed by atoms with Gasteiger partial charge >= 0.3 is 0 Å². The molecule has 0 aliphatic carbocycles. The molecule has 214 valence electrons. The molecule has 3 aromatic rings. The molecule has 3 heterocycles. The van der Waals surface area contributed by atoms with Crippen molar-refractivity contribution >= 4 is 39.9 Å². The van der Waals surface area contributed by atoms with Gasteiger partial charge in [-0.3, -0.25) is 9.69 Å². The van der Waals surface area contributed by atoms with Gasteiger partial charge < -0.3 is 29.5 Å². The van der Waals surface area contributed by atoms with Crippen LogP contribution in [0.5, 0.6) is 11.5 Å². The number of morpholine rings is 1. The SMILES string of the molecule is O=C(CO)N1CCC(Oc2cc3c(Nc4ccc(F)c(Cl)c4)ncnc3cc2OCCCN2CCOCC2)CC1. The fourth-order valence-electron chi connectivity index (χ4n) is 4.88. The molecule has 10 nitrogen and oxygen atoms in total. The summed E-state index contributed by atoms with van der Waals surface area (Å²) < 4.78 is 31.8. The van der Waals surface area contributed by atoms with Gasteiger partial charge in [-0.2, -0.15) is 0 Å². The topological polar surface area (TPSA) is 109 Å². The molecule has 1 amide bonds. The lowest BCUT2D eigenvalue weighted by Crippen LogP contribution is -2.42. The van der Waals surface area contributed by atoms with Crippen LogP contribution in [-0.4, -0.2) is 96.0 Å². The molecule has 0 spiro atoms. The van der Waals surface area contributed by atoms with Gasteiger partial charge in [0, 0.05) is 62.7 Å². The highest BCUT2D eigenvalue weighted by Gasteiger charge is 2.25. The van der Waals surface area contributed by atoms with Gasteiger partial charge in [0.25, 0.3) is 0 Å². The summed E-state index contributed by atoms with van der Waals surface area (Å²) in [5.41, 5.74) is 1.24. The number of rotatable bonds is 10. The maximum atomic E-state index is 13.7. The number of anilines is 2. The minimum absolute atomic E-state index is 0.00571. The van der Waals surface area contributed by atoms with Crippen LogP contribution < -0.4 is 14.8 Å². The summed E-state index contributed by atoms with van der Waals surface area (Å²) in [6.07, 6.45) is 3.43. The molecule has 2 aromatic carbocycles. The number of fused-ring (bicyclic) bond motifs is 1. The molecule has 0 radical (unpaired) electrons. The zero-order valence-electron chi connectivity index (χ0n) is 22.2. The number of carbonyl (C=O) groups excluding carboxylic acids is 1. The molecule has 5 rings (SSSR count). The third kappa shape index (κ3) is 7.08. The largest absolute Gasteiger partial charge is 0.490 e. The predicted molar refractivity (Wildman–Crippen MR) is 149 cm³/mol. The number of nitrogens with one attached hydrogen (secondary N) is 1. The standard InChI is InChI=1S/C28H33ClFN5O5/c29-22-14-19(2-3-23(22)30)33-28-21-15-26(40-20-4-7-35(8-5-20)27(37)17-36)25(16-24(21)31-18-32-28)39-11-1-6-34-9-12-38-13-10-34/h2-3,14-16,18,20,36H,1,4-13,17H2,(H,31,32,33). The summed E-state index contributed by atoms with van der Waals surface area (Å²) in [6.45, 7) is 5.31. The molecule has 2 N–H and O–H groups in total. The van der Waals surface area contributed by atoms with Crippen molar-refractivity contribution < 1.29 is 28.5 Å². The van der Waals surface area contributed by atoms with Crippen molar-refractivity contribution in [3.63, 3.8) is 0 Å². The van der Waals surface area contributed by atoms with Crippen molar-refractivity contribution in [1.29, 1.82) is 0 Å². The summed E-state index contributed by atoms with van der Waals surface area (Å²) in [6, 6.07) is 8.06. The second-order valence-corrected chi connectivity index (χ2v) is 10.2. The zero-order chi connectivity index (χ0) is 27.9. The van der Waals surface area contributed by atoms with Crippen LogP contribution in [0.15, 0.2) is 36.7 Å². The van der Waals surface area contributed by atoms with Crippen LogP contribution in [0.3, 0.4) is 0 Å². The van der Waals surface area contributed by atoms with Crippen LogP contribution in [-0.2, 0) is 9.53 Å². The number of hydrogen-bond acceptors (Lipinski definition) is 9. The Labute approximate surface area is 237 Å². The first-order chi connectivity index (χ1) is 19.5. The van der Waals surface area contributed by atoms with Crippen molar-refractivity contribution in [3.8, 4) is 11.5 Å². The van der Waals surface area contributed by atoms with E-state index in [-0.39, 0.29) is 17.0 Å². The third-order valence-corrected chi connectivity index (χ3v) is 7.38. The number of piperidine rings is 1. The van der Waals surface area contributed by atoms with E-state index in [9.17, 15) is 14.3 Å². The molecule has 12 heteroatoms. The molecule has 0 bridgehead atoms. The van der Waals surface area contributed by atoms with E-state index in [2.05, 4.69) is 20.2 Å². The van der Waals surface area contributed by atoms with Crippen molar-refractivity contribution in [2.45, 2.75) is 25.4 Å². The summed E-state index contributed by atoms with van der Waals surface area (Å²) in [7, 11) is 0. The maximum absolute atomic E-state index is 13.7. The van der Waals surface area contributed by atoms with Crippen LogP contribution in [0.4, 0.5) is 15.9 Å². The first-order valence-electron chi connectivity index (χ1n) is 13.5. The van der Waals surface area contributed by atoms with Gasteiger partial charge in [0.1, 0.15) is 30.7 Å². The van der Waals surface area contributed by atoms with Gasteiger partial charge in [-0.1, -0.05) is 11.6 Å². The van der Waals surface area contributed by atoms with E-state index in [1.165, 1.54) is 18.5 Å². The normalized spacial score (nSPS) is 16.7. The number of aliphatic hydroxyl groups is 1. The number of halogens is 2. The Balaban J connectivity index is 1.35. The Morgan fingerprint density at radius 2 is 1.93 bits per heavy atom. The van der Waals surface area contributed by atoms with Gasteiger partial charge in [0.05, 0.1) is 30.4 Å². The molecule has 2 aliphatic heterocycles. The minimum atomic E-state index is -0.502. The van der Waals surface area contributed by atoms with Gasteiger partial charge in [0.2, 0.25) is 5.91 Å². The van der Waals surface area contributed by atoms with Gasteiger partial charge in [-0.15, -0.1) is 0 Å². The highest BCUT2D eigenvalue weighted by Crippen LogP contribution is 2.37. The number of aliphatic hydroxyl groups excluding tert-OH is 1. The number of amides is 1. The second-order valence-electron chi connectivity index (χ2n) is 9.80. The average molecular weight is 574 g/mol. The molecule has 2 aliphatic rings. The molecular weight excluding hydrogens is 541 g/mol. The quantitative estimate of drug-likeness (QED) is 0.351. The molecular formula is C28H33ClFN5O5. The summed E-state index contributed by atoms with van der Waals surface area (Å²) in [4.78, 5) is 24.7. The monoisotopic (exact) mass is 573 g/mol. The molecule has 2 saturated heterocycles. The lowest BCUT2D eigenvalue weighted by atomic mass is 10.1. The molecule has 40 heavy (non-hydrogen) atoms. The Morgan fingerprint density at radius 3 is 2.67 bits per heavy atom. The van der Waals surface area contributed by atoms with E-state index in [0.717, 1.165) is 39.3 Å². The fourth-order valence-corrected chi connectivity index (χ4v) is 5.06. The Bertz CT molecular complexity index is 1320. The average Bonchev–Trinajstić information content (AvgIpc) is 2.98. The second kappa shape index (κ2) is 13.4. The van der Waals surface area contributed by atoms with E-state index < -0.39 is 12.4 Å². The highest BCUT2D eigenvalue weighted by molar-refractivity contribution is 6.31. The fraction of sp³-hybridized carbons (Fsp3) is 0.464. The smallest absolute Gasteiger partial charge is 0.248 e. The van der Waals surface area contributed by atoms with E-state index in [4.69, 9.17) is 25.8 Å². The van der Waals surface area contributed by atoms with Crippen LogP contribution in [0.1, 0.15) is 19.3 Å². The molecule has 2 fully saturated rings. The first kappa shape index (κ1) is 28.3. The predicted octanol–water partition coefficient (Wildman–Crippen LogP) is 3.63. The van der Waals surface area contributed by atoms with Gasteiger partial charge in [0.15, 0.2) is 11.5 Å². The highest BCUT2D eigenvalue weighted by atomic mass is 35.5. The van der Waals surface area contributed by atoms with Crippen molar-refractivity contribution in [3.05, 3.63) is 47.5 Å². The van der Waals surface area contributed by atoms with Crippen LogP contribution in [0.25, 0.3) is 10.9 Å². The Kier molecular flexibility index (Phi) is 9.48. The number of nitrogens with zero attached hydrogens (tertiary/aromatic N) is 4. The third-order valence-electron chi connectivity index (χ3n) is 7.09. The number of aromatic nitrogens is 2. The number of ether oxygens (including phenoxy) is 3. The van der Waals surface area contributed by atoms with Crippen molar-refractivity contribution in [1.82, 2.24) is 19.8 Å². The molecule has 0 unspecified atom stereocenters. The summed E-state index contributed by atoms with van der Waals surface area (Å²) in [5, 5.41) is 13.1. The number of benzene rings is 2. The molecule has 1 aromatic heterocycles. The lowest BCUT2D eigenvalue weighted by Gasteiger charge is -2.32. The molecule has 0 saturated carbocycles. The van der Waals surface area contributed by atoms with Crippen LogP contribution in [0.2, 0.25) is 5.02 Å². The van der Waals surface area contributed by atoms with Crippen LogP contribution in [0, 0.1) is 5.82 Å². The number of carbonyl (C=O) groups is 1. The van der Waals surface area contributed by atoms with E-state index in [0.29, 0.717) is 66.4 Å². The number of likely N-dealkylation sites (tertiary alicyclic amines) is 1. The Hall–Kier alpha value is -3.25. The summed E-state index contributed by atoms with van der Waals surface area (Å²) in [5.74, 6) is 0.873. The first-order valence-corrected chi connectivity index (χ1v) is 13.9. The van der Waals surface area contributed by atoms with Crippen molar-refractivity contribution in [2.24, 2.45) is 0 Å². The summed E-state index contributed by atoms with van der Waals surface area (Å²) >= 11 is 5.97. The minimum Gasteiger partial charge on any atom is -0.490 e.